The Kier molecular flexibility index (Phi) is 5.62. The summed E-state index contributed by atoms with van der Waals surface area (Å²) in [6.45, 7) is -0.243. The van der Waals surface area contributed by atoms with Crippen molar-refractivity contribution in [3.8, 4) is 0 Å². The summed E-state index contributed by atoms with van der Waals surface area (Å²) in [5.41, 5.74) is 1.83. The highest BCUT2D eigenvalue weighted by atomic mass is 35.6. The molecule has 25 heavy (non-hydrogen) atoms. The summed E-state index contributed by atoms with van der Waals surface area (Å²) < 4.78 is 3.75. The van der Waals surface area contributed by atoms with E-state index in [4.69, 9.17) is 39.5 Å². The second-order valence-electron chi connectivity index (χ2n) is 6.37. The van der Waals surface area contributed by atoms with E-state index in [2.05, 4.69) is 24.3 Å². The Bertz CT molecular complexity index is 671. The van der Waals surface area contributed by atoms with E-state index in [1.165, 1.54) is 0 Å². The standard InChI is InChI=1S/C20H19Cl3O2/c21-20(22,23)14-25-18(24)17-12-7-13-19(17,15-8-3-1-4-9-15)16-10-5-2-6-11-16/h1-6,8-11,17H,7,12-14H2/t17-/m0/s1. The Morgan fingerprint density at radius 3 is 2.00 bits per heavy atom. The Morgan fingerprint density at radius 2 is 1.52 bits per heavy atom. The fourth-order valence-corrected chi connectivity index (χ4v) is 4.07. The smallest absolute Gasteiger partial charge is 0.310 e. The maximum absolute atomic E-state index is 12.9. The molecule has 0 amide bonds. The maximum Gasteiger partial charge on any atom is 0.310 e. The number of alkyl halides is 3. The summed E-state index contributed by atoms with van der Waals surface area (Å²) in [5.74, 6) is -0.610. The molecule has 2 nitrogen and oxygen atoms in total. The van der Waals surface area contributed by atoms with Gasteiger partial charge in [0.15, 0.2) is 0 Å². The van der Waals surface area contributed by atoms with Crippen molar-refractivity contribution in [2.75, 3.05) is 6.61 Å². The molecule has 1 atom stereocenters. The third-order valence-electron chi connectivity index (χ3n) is 4.90. The number of esters is 1. The van der Waals surface area contributed by atoms with Crippen LogP contribution < -0.4 is 0 Å². The molecule has 0 unspecified atom stereocenters. The van der Waals surface area contributed by atoms with Gasteiger partial charge in [-0.25, -0.2) is 0 Å². The van der Waals surface area contributed by atoms with Gasteiger partial charge in [0.2, 0.25) is 3.79 Å². The summed E-state index contributed by atoms with van der Waals surface area (Å²) in [5, 5.41) is 0. The third-order valence-corrected chi connectivity index (χ3v) is 5.23. The predicted octanol–water partition coefficient (Wildman–Crippen LogP) is 5.69. The van der Waals surface area contributed by atoms with E-state index in [1.807, 2.05) is 36.4 Å². The molecular formula is C20H19Cl3O2. The van der Waals surface area contributed by atoms with Gasteiger partial charge in [0.05, 0.1) is 5.92 Å². The minimum absolute atomic E-state index is 0.243. The monoisotopic (exact) mass is 396 g/mol. The van der Waals surface area contributed by atoms with Crippen LogP contribution in [-0.2, 0) is 14.9 Å². The van der Waals surface area contributed by atoms with Crippen molar-refractivity contribution in [2.24, 2.45) is 5.92 Å². The normalized spacial score (nSPS) is 19.6. The van der Waals surface area contributed by atoms with Crippen LogP contribution in [0.3, 0.4) is 0 Å². The van der Waals surface area contributed by atoms with Crippen molar-refractivity contribution in [2.45, 2.75) is 28.5 Å². The zero-order valence-corrected chi connectivity index (χ0v) is 15.9. The van der Waals surface area contributed by atoms with E-state index in [1.54, 1.807) is 0 Å². The van der Waals surface area contributed by atoms with Crippen LogP contribution in [-0.4, -0.2) is 16.4 Å². The van der Waals surface area contributed by atoms with Gasteiger partial charge in [-0.05, 0) is 24.0 Å². The lowest BCUT2D eigenvalue weighted by Crippen LogP contribution is -2.38. The highest BCUT2D eigenvalue weighted by Gasteiger charge is 2.50. The summed E-state index contributed by atoms with van der Waals surface area (Å²) in [6, 6.07) is 20.3. The Labute approximate surface area is 163 Å². The molecule has 0 spiro atoms. The molecule has 0 aliphatic heterocycles. The molecule has 1 aliphatic carbocycles. The molecule has 132 valence electrons. The third kappa shape index (κ3) is 3.97. The first-order valence-corrected chi connectivity index (χ1v) is 9.41. The minimum Gasteiger partial charge on any atom is -0.461 e. The van der Waals surface area contributed by atoms with E-state index in [9.17, 15) is 4.79 Å². The quantitative estimate of drug-likeness (QED) is 0.489. The lowest BCUT2D eigenvalue weighted by atomic mass is 9.67. The number of halogens is 3. The Morgan fingerprint density at radius 1 is 1.00 bits per heavy atom. The molecule has 3 rings (SSSR count). The van der Waals surface area contributed by atoms with Crippen molar-refractivity contribution in [3.63, 3.8) is 0 Å². The van der Waals surface area contributed by atoms with E-state index in [-0.39, 0.29) is 18.5 Å². The molecule has 1 aliphatic rings. The molecule has 0 bridgehead atoms. The van der Waals surface area contributed by atoms with E-state index < -0.39 is 9.21 Å². The number of hydrogen-bond donors (Lipinski definition) is 0. The van der Waals surface area contributed by atoms with Gasteiger partial charge in [-0.1, -0.05) is 102 Å². The molecule has 0 N–H and O–H groups in total. The molecule has 2 aromatic carbocycles. The molecule has 1 saturated carbocycles. The fourth-order valence-electron chi connectivity index (χ4n) is 3.91. The van der Waals surface area contributed by atoms with Crippen LogP contribution in [0.15, 0.2) is 60.7 Å². The summed E-state index contributed by atoms with van der Waals surface area (Å²) >= 11 is 17.2. The molecule has 2 aromatic rings. The zero-order chi connectivity index (χ0) is 17.9. The van der Waals surface area contributed by atoms with E-state index >= 15 is 0 Å². The topological polar surface area (TPSA) is 26.3 Å². The Balaban J connectivity index is 2.00. The predicted molar refractivity (Wildman–Crippen MR) is 102 cm³/mol. The SMILES string of the molecule is O=C(OCC(Cl)(Cl)Cl)[C@@H]1CCCC1(c1ccccc1)c1ccccc1. The van der Waals surface area contributed by atoms with Gasteiger partial charge in [-0.3, -0.25) is 4.79 Å². The van der Waals surface area contributed by atoms with Crippen molar-refractivity contribution in [1.82, 2.24) is 0 Å². The lowest BCUT2D eigenvalue weighted by molar-refractivity contribution is -0.149. The molecule has 0 saturated heterocycles. The van der Waals surface area contributed by atoms with Crippen molar-refractivity contribution in [3.05, 3.63) is 71.8 Å². The van der Waals surface area contributed by atoms with Crippen LogP contribution in [0.25, 0.3) is 0 Å². The van der Waals surface area contributed by atoms with Crippen molar-refractivity contribution < 1.29 is 9.53 Å². The van der Waals surface area contributed by atoms with Crippen LogP contribution in [0.5, 0.6) is 0 Å². The number of benzene rings is 2. The molecule has 0 heterocycles. The van der Waals surface area contributed by atoms with Gasteiger partial charge in [0.25, 0.3) is 0 Å². The highest BCUT2D eigenvalue weighted by Crippen LogP contribution is 2.51. The van der Waals surface area contributed by atoms with E-state index in [0.29, 0.717) is 0 Å². The number of ether oxygens (including phenoxy) is 1. The van der Waals surface area contributed by atoms with Gasteiger partial charge in [0.1, 0.15) is 6.61 Å². The largest absolute Gasteiger partial charge is 0.461 e. The van der Waals surface area contributed by atoms with Crippen LogP contribution in [0.1, 0.15) is 30.4 Å². The molecule has 1 fully saturated rings. The molecular weight excluding hydrogens is 379 g/mol. The number of carbonyl (C=O) groups excluding carboxylic acids is 1. The highest BCUT2D eigenvalue weighted by molar-refractivity contribution is 6.67. The second-order valence-corrected chi connectivity index (χ2v) is 8.89. The van der Waals surface area contributed by atoms with Gasteiger partial charge in [-0.15, -0.1) is 0 Å². The van der Waals surface area contributed by atoms with E-state index in [0.717, 1.165) is 30.4 Å². The fraction of sp³-hybridized carbons (Fsp3) is 0.350. The lowest BCUT2D eigenvalue weighted by Gasteiger charge is -2.36. The average Bonchev–Trinajstić information content (AvgIpc) is 3.07. The summed E-state index contributed by atoms with van der Waals surface area (Å²) in [6.07, 6.45) is 2.58. The van der Waals surface area contributed by atoms with Gasteiger partial charge >= 0.3 is 5.97 Å². The first kappa shape index (κ1) is 18.6. The Hall–Kier alpha value is -1.22. The second kappa shape index (κ2) is 7.57. The van der Waals surface area contributed by atoms with Crippen LogP contribution in [0.4, 0.5) is 0 Å². The zero-order valence-electron chi connectivity index (χ0n) is 13.6. The van der Waals surface area contributed by atoms with Crippen LogP contribution >= 0.6 is 34.8 Å². The number of carbonyl (C=O) groups is 1. The van der Waals surface area contributed by atoms with Gasteiger partial charge < -0.3 is 4.74 Å². The minimum atomic E-state index is -1.60. The molecule has 0 radical (unpaired) electrons. The summed E-state index contributed by atoms with van der Waals surface area (Å²) in [7, 11) is 0. The van der Waals surface area contributed by atoms with Gasteiger partial charge in [-0.2, -0.15) is 0 Å². The number of rotatable bonds is 4. The average molecular weight is 398 g/mol. The van der Waals surface area contributed by atoms with Crippen molar-refractivity contribution in [1.29, 1.82) is 0 Å². The molecule has 5 heteroatoms. The van der Waals surface area contributed by atoms with Gasteiger partial charge in [0, 0.05) is 5.41 Å². The first-order valence-electron chi connectivity index (χ1n) is 8.28. The maximum atomic E-state index is 12.9. The first-order chi connectivity index (χ1) is 11.9. The molecule has 0 aromatic heterocycles. The van der Waals surface area contributed by atoms with Crippen LogP contribution in [0, 0.1) is 5.92 Å². The van der Waals surface area contributed by atoms with Crippen LogP contribution in [0.2, 0.25) is 0 Å². The van der Waals surface area contributed by atoms with Crippen molar-refractivity contribution >= 4 is 40.8 Å². The summed E-state index contributed by atoms with van der Waals surface area (Å²) in [4.78, 5) is 12.9. The number of hydrogen-bond acceptors (Lipinski definition) is 2.